The molecule has 1 aliphatic heterocycles. The smallest absolute Gasteiger partial charge is 0.215 e. The van der Waals surface area contributed by atoms with Crippen molar-refractivity contribution < 1.29 is 4.74 Å². The topological polar surface area (TPSA) is 48.6 Å². The van der Waals surface area contributed by atoms with Crippen LogP contribution in [0.1, 0.15) is 27.7 Å². The third kappa shape index (κ3) is 3.11. The molecular formula is C10H16ClN3OS. The summed E-state index contributed by atoms with van der Waals surface area (Å²) in [5.41, 5.74) is -0.273. The van der Waals surface area contributed by atoms with Crippen molar-refractivity contribution in [3.63, 3.8) is 0 Å². The first-order valence-corrected chi connectivity index (χ1v) is 6.09. The highest BCUT2D eigenvalue weighted by atomic mass is 35.5. The number of ether oxygens (including phenoxy) is 1. The van der Waals surface area contributed by atoms with E-state index < -0.39 is 0 Å². The minimum Gasteiger partial charge on any atom is -0.378 e. The van der Waals surface area contributed by atoms with Crippen LogP contribution < -0.4 is 0 Å². The molecule has 0 aliphatic carbocycles. The van der Waals surface area contributed by atoms with Crippen LogP contribution in [0.5, 0.6) is 0 Å². The van der Waals surface area contributed by atoms with Crippen molar-refractivity contribution in [3.05, 3.63) is 0 Å². The van der Waals surface area contributed by atoms with Crippen LogP contribution in [0.2, 0.25) is 0 Å². The first-order valence-electron chi connectivity index (χ1n) is 4.98. The Morgan fingerprint density at radius 2 is 1.88 bits per heavy atom. The molecule has 1 fully saturated rings. The Morgan fingerprint density at radius 1 is 1.38 bits per heavy atom. The summed E-state index contributed by atoms with van der Waals surface area (Å²) < 4.78 is 11.7. The first-order chi connectivity index (χ1) is 7.29. The van der Waals surface area contributed by atoms with Gasteiger partial charge in [0.2, 0.25) is 5.17 Å². The maximum atomic E-state index is 8.56. The zero-order valence-electron chi connectivity index (χ0n) is 9.95. The van der Waals surface area contributed by atoms with Gasteiger partial charge in [0, 0.05) is 0 Å². The average molecular weight is 262 g/mol. The van der Waals surface area contributed by atoms with Gasteiger partial charge in [-0.1, -0.05) is 0 Å². The summed E-state index contributed by atoms with van der Waals surface area (Å²) in [6, 6.07) is 1.80. The number of hydrogen-bond acceptors (Lipinski definition) is 5. The lowest BCUT2D eigenvalue weighted by Gasteiger charge is -2.49. The van der Waals surface area contributed by atoms with Crippen molar-refractivity contribution >= 4 is 28.9 Å². The van der Waals surface area contributed by atoms with Gasteiger partial charge in [0.15, 0.2) is 0 Å². The van der Waals surface area contributed by atoms with E-state index in [1.54, 1.807) is 6.07 Å². The van der Waals surface area contributed by atoms with Gasteiger partial charge in [-0.15, -0.1) is 0 Å². The van der Waals surface area contributed by atoms with Crippen molar-refractivity contribution in [2.45, 2.75) is 38.8 Å². The molecule has 0 aromatic heterocycles. The summed E-state index contributed by atoms with van der Waals surface area (Å²) in [5, 5.41) is 8.52. The molecule has 0 spiro atoms. The van der Waals surface area contributed by atoms with Crippen LogP contribution in [-0.2, 0) is 4.74 Å². The van der Waals surface area contributed by atoms with Gasteiger partial charge in [-0.25, -0.2) is 4.31 Å². The normalized spacial score (nSPS) is 25.1. The molecule has 1 rings (SSSR count). The Bertz CT molecular complexity index is 319. The Morgan fingerprint density at radius 3 is 2.31 bits per heavy atom. The summed E-state index contributed by atoms with van der Waals surface area (Å²) in [7, 11) is 0. The van der Waals surface area contributed by atoms with E-state index >= 15 is 0 Å². The van der Waals surface area contributed by atoms with Crippen LogP contribution in [0, 0.1) is 11.3 Å². The van der Waals surface area contributed by atoms with Crippen molar-refractivity contribution in [2.24, 2.45) is 4.40 Å². The summed E-state index contributed by atoms with van der Waals surface area (Å²) >= 11 is 6.81. The predicted molar refractivity (Wildman–Crippen MR) is 67.3 cm³/mol. The minimum atomic E-state index is -0.136. The zero-order valence-corrected chi connectivity index (χ0v) is 11.5. The molecule has 0 amide bonds. The molecule has 0 unspecified atom stereocenters. The predicted octanol–water partition coefficient (Wildman–Crippen LogP) is 2.60. The fourth-order valence-electron chi connectivity index (χ4n) is 1.81. The molecular weight excluding hydrogens is 246 g/mol. The van der Waals surface area contributed by atoms with Crippen LogP contribution >= 0.6 is 23.7 Å². The lowest BCUT2D eigenvalue weighted by molar-refractivity contribution is -0.0742. The van der Waals surface area contributed by atoms with Crippen molar-refractivity contribution in [1.29, 1.82) is 5.26 Å². The summed E-state index contributed by atoms with van der Waals surface area (Å²) in [6.45, 7) is 9.60. The molecule has 0 saturated carbocycles. The molecule has 1 heterocycles. The van der Waals surface area contributed by atoms with Crippen LogP contribution in [-0.4, -0.2) is 33.8 Å². The van der Waals surface area contributed by atoms with E-state index in [1.165, 1.54) is 12.1 Å². The molecule has 0 radical (unpaired) electrons. The minimum absolute atomic E-state index is 0.0388. The fourth-order valence-corrected chi connectivity index (χ4v) is 2.64. The maximum Gasteiger partial charge on any atom is 0.215 e. The zero-order chi connectivity index (χ0) is 12.4. The molecule has 0 aromatic carbocycles. The van der Waals surface area contributed by atoms with Crippen molar-refractivity contribution in [1.82, 2.24) is 4.31 Å². The molecule has 0 aromatic rings. The average Bonchev–Trinajstić information content (AvgIpc) is 2.14. The molecule has 6 heteroatoms. The highest BCUT2D eigenvalue weighted by Crippen LogP contribution is 2.37. The lowest BCUT2D eigenvalue weighted by atomic mass is 9.96. The van der Waals surface area contributed by atoms with Crippen LogP contribution in [0.15, 0.2) is 4.40 Å². The second-order valence-corrected chi connectivity index (χ2v) is 6.06. The summed E-state index contributed by atoms with van der Waals surface area (Å²) in [4.78, 5) is 0. The van der Waals surface area contributed by atoms with E-state index in [0.717, 1.165) is 0 Å². The molecule has 0 bridgehead atoms. The van der Waals surface area contributed by atoms with E-state index in [9.17, 15) is 0 Å². The van der Waals surface area contributed by atoms with E-state index in [0.29, 0.717) is 13.2 Å². The van der Waals surface area contributed by atoms with E-state index in [-0.39, 0.29) is 16.2 Å². The molecule has 4 nitrogen and oxygen atoms in total. The van der Waals surface area contributed by atoms with Gasteiger partial charge in [0.25, 0.3) is 0 Å². The molecule has 90 valence electrons. The van der Waals surface area contributed by atoms with Crippen LogP contribution in [0.25, 0.3) is 0 Å². The Kier molecular flexibility index (Phi) is 4.24. The number of morpholine rings is 1. The number of hydrogen-bond donors (Lipinski definition) is 0. The highest BCUT2D eigenvalue weighted by molar-refractivity contribution is 7.96. The third-order valence-electron chi connectivity index (χ3n) is 2.31. The quantitative estimate of drug-likeness (QED) is 0.566. The van der Waals surface area contributed by atoms with E-state index in [1.807, 2.05) is 0 Å². The van der Waals surface area contributed by atoms with Gasteiger partial charge in [-0.2, -0.15) is 9.66 Å². The van der Waals surface area contributed by atoms with Gasteiger partial charge in [0.05, 0.1) is 36.4 Å². The van der Waals surface area contributed by atoms with Crippen LogP contribution in [0.4, 0.5) is 0 Å². The standard InChI is InChI=1S/C10H16ClN3OS/c1-9(2)6-15-7-10(3,4)14(9)16-13-8(11)5-12/h6-7H2,1-4H3/b13-8-. The molecule has 0 N–H and O–H groups in total. The second kappa shape index (κ2) is 4.92. The van der Waals surface area contributed by atoms with Crippen molar-refractivity contribution in [2.75, 3.05) is 13.2 Å². The summed E-state index contributed by atoms with van der Waals surface area (Å²) in [5.74, 6) is 0. The first kappa shape index (κ1) is 13.8. The monoisotopic (exact) mass is 261 g/mol. The van der Waals surface area contributed by atoms with Gasteiger partial charge in [-0.05, 0) is 39.3 Å². The fraction of sp³-hybridized carbons (Fsp3) is 0.800. The molecule has 1 saturated heterocycles. The lowest BCUT2D eigenvalue weighted by Crippen LogP contribution is -2.60. The van der Waals surface area contributed by atoms with Gasteiger partial charge < -0.3 is 4.74 Å². The number of rotatable bonds is 2. The number of nitriles is 1. The number of halogens is 1. The van der Waals surface area contributed by atoms with E-state index in [4.69, 9.17) is 21.6 Å². The Balaban J connectivity index is 2.84. The third-order valence-corrected chi connectivity index (χ3v) is 3.99. The maximum absolute atomic E-state index is 8.56. The largest absolute Gasteiger partial charge is 0.378 e. The number of nitrogens with zero attached hydrogens (tertiary/aromatic N) is 3. The Hall–Kier alpha value is -0.280. The second-order valence-electron chi connectivity index (χ2n) is 4.99. The SMILES string of the molecule is CC1(C)COCC(C)(C)N1S/N=C(\Cl)C#N. The van der Waals surface area contributed by atoms with Crippen LogP contribution in [0.3, 0.4) is 0 Å². The molecule has 0 atom stereocenters. The van der Waals surface area contributed by atoms with Gasteiger partial charge >= 0.3 is 0 Å². The van der Waals surface area contributed by atoms with Gasteiger partial charge in [-0.3, -0.25) is 0 Å². The summed E-state index contributed by atoms with van der Waals surface area (Å²) in [6.07, 6.45) is 0. The molecule has 1 aliphatic rings. The highest BCUT2D eigenvalue weighted by Gasteiger charge is 2.43. The Labute approximate surface area is 106 Å². The van der Waals surface area contributed by atoms with Gasteiger partial charge in [0.1, 0.15) is 6.07 Å². The molecule has 16 heavy (non-hydrogen) atoms. The van der Waals surface area contributed by atoms with E-state index in [2.05, 4.69) is 36.4 Å². The van der Waals surface area contributed by atoms with Crippen molar-refractivity contribution in [3.8, 4) is 6.07 Å².